The Bertz CT molecular complexity index is 1240. The lowest BCUT2D eigenvalue weighted by atomic mass is 10.1. The Labute approximate surface area is 181 Å². The monoisotopic (exact) mass is 412 g/mol. The molecule has 0 amide bonds. The summed E-state index contributed by atoms with van der Waals surface area (Å²) in [5.41, 5.74) is 4.98. The van der Waals surface area contributed by atoms with Crippen LogP contribution in [-0.2, 0) is 13.1 Å². The average Bonchev–Trinajstić information content (AvgIpc) is 3.39. The van der Waals surface area contributed by atoms with Crippen molar-refractivity contribution in [1.29, 1.82) is 5.26 Å². The summed E-state index contributed by atoms with van der Waals surface area (Å²) in [7, 11) is 0. The maximum absolute atomic E-state index is 9.63. The molecule has 0 spiro atoms. The van der Waals surface area contributed by atoms with Crippen molar-refractivity contribution in [2.24, 2.45) is 0 Å². The van der Waals surface area contributed by atoms with Crippen LogP contribution in [0.1, 0.15) is 22.6 Å². The molecule has 7 heteroatoms. The van der Waals surface area contributed by atoms with Crippen molar-refractivity contribution >= 4 is 5.52 Å². The lowest BCUT2D eigenvalue weighted by Crippen LogP contribution is -2.45. The Morgan fingerprint density at radius 3 is 2.52 bits per heavy atom. The van der Waals surface area contributed by atoms with E-state index in [1.165, 1.54) is 0 Å². The highest BCUT2D eigenvalue weighted by Gasteiger charge is 2.21. The van der Waals surface area contributed by atoms with E-state index in [0.717, 1.165) is 60.5 Å². The minimum absolute atomic E-state index is 0.650. The van der Waals surface area contributed by atoms with E-state index in [1.54, 1.807) is 0 Å². The summed E-state index contributed by atoms with van der Waals surface area (Å²) < 4.78 is 7.54. The van der Waals surface area contributed by atoms with Crippen LogP contribution < -0.4 is 0 Å². The van der Waals surface area contributed by atoms with E-state index >= 15 is 0 Å². The van der Waals surface area contributed by atoms with E-state index in [1.807, 2.05) is 47.0 Å². The first kappa shape index (κ1) is 19.5. The van der Waals surface area contributed by atoms with Gasteiger partial charge in [-0.2, -0.15) is 10.2 Å². The van der Waals surface area contributed by atoms with Gasteiger partial charge in [-0.25, -0.2) is 0 Å². The molecule has 0 atom stereocenters. The molecular weight excluding hydrogens is 388 g/mol. The minimum Gasteiger partial charge on any atom is -0.338 e. The van der Waals surface area contributed by atoms with Crippen molar-refractivity contribution in [2.75, 3.05) is 26.2 Å². The molecule has 0 aliphatic carbocycles. The summed E-state index contributed by atoms with van der Waals surface area (Å²) in [6.45, 7) is 7.24. The van der Waals surface area contributed by atoms with Gasteiger partial charge in [-0.15, -0.1) is 0 Å². The molecule has 156 valence electrons. The molecule has 5 rings (SSSR count). The molecule has 0 N–H and O–H groups in total. The number of benzene rings is 1. The standard InChI is InChI=1S/C24H24N6O/c1-18-6-2-3-7-20(18)24-26-23(31-27-24)17-29-12-10-28(11-13-29)15-19-16-30-9-5-4-8-22(30)21(19)14-25/h2-9,16H,10-13,15,17H2,1H3. The minimum atomic E-state index is 0.650. The van der Waals surface area contributed by atoms with Gasteiger partial charge in [0.05, 0.1) is 17.6 Å². The Morgan fingerprint density at radius 2 is 1.74 bits per heavy atom. The number of fused-ring (bicyclic) bond motifs is 1. The number of aryl methyl sites for hydroxylation is 1. The van der Waals surface area contributed by atoms with Gasteiger partial charge in [-0.1, -0.05) is 35.5 Å². The van der Waals surface area contributed by atoms with Gasteiger partial charge in [-0.3, -0.25) is 9.80 Å². The molecule has 1 fully saturated rings. The molecule has 0 radical (unpaired) electrons. The molecule has 0 bridgehead atoms. The molecule has 4 aromatic rings. The zero-order chi connectivity index (χ0) is 21.2. The van der Waals surface area contributed by atoms with E-state index in [4.69, 9.17) is 4.52 Å². The van der Waals surface area contributed by atoms with Crippen molar-refractivity contribution in [2.45, 2.75) is 20.0 Å². The van der Waals surface area contributed by atoms with Crippen molar-refractivity contribution in [3.05, 3.63) is 77.4 Å². The number of rotatable bonds is 5. The molecule has 3 aromatic heterocycles. The average molecular weight is 412 g/mol. The first-order chi connectivity index (χ1) is 15.2. The molecule has 31 heavy (non-hydrogen) atoms. The number of nitriles is 1. The normalized spacial score (nSPS) is 15.4. The molecule has 1 aromatic carbocycles. The molecule has 1 aliphatic rings. The van der Waals surface area contributed by atoms with Crippen molar-refractivity contribution in [3.8, 4) is 17.5 Å². The largest absolute Gasteiger partial charge is 0.338 e. The van der Waals surface area contributed by atoms with Crippen LogP contribution in [0.5, 0.6) is 0 Å². The Hall–Kier alpha value is -3.47. The number of nitrogens with zero attached hydrogens (tertiary/aromatic N) is 6. The summed E-state index contributed by atoms with van der Waals surface area (Å²) in [4.78, 5) is 9.34. The topological polar surface area (TPSA) is 73.6 Å². The van der Waals surface area contributed by atoms with Crippen LogP contribution >= 0.6 is 0 Å². The molecule has 4 heterocycles. The summed E-state index contributed by atoms with van der Waals surface area (Å²) in [6.07, 6.45) is 4.07. The fraction of sp³-hybridized carbons (Fsp3) is 0.292. The molecule has 1 aliphatic heterocycles. The summed E-state index contributed by atoms with van der Waals surface area (Å²) >= 11 is 0. The van der Waals surface area contributed by atoms with Crippen LogP contribution in [0.15, 0.2) is 59.4 Å². The van der Waals surface area contributed by atoms with Gasteiger partial charge in [0.15, 0.2) is 0 Å². The quantitative estimate of drug-likeness (QED) is 0.500. The molecule has 0 saturated carbocycles. The number of pyridine rings is 1. The summed E-state index contributed by atoms with van der Waals surface area (Å²) in [6, 6.07) is 16.4. The smallest absolute Gasteiger partial charge is 0.241 e. The highest BCUT2D eigenvalue weighted by molar-refractivity contribution is 5.65. The predicted octanol–water partition coefficient (Wildman–Crippen LogP) is 3.49. The maximum atomic E-state index is 9.63. The van der Waals surface area contributed by atoms with Gasteiger partial charge in [-0.05, 0) is 24.6 Å². The van der Waals surface area contributed by atoms with Crippen LogP contribution in [0.2, 0.25) is 0 Å². The van der Waals surface area contributed by atoms with Crippen molar-refractivity contribution < 1.29 is 4.52 Å². The summed E-state index contributed by atoms with van der Waals surface area (Å²) in [5.74, 6) is 1.30. The SMILES string of the molecule is Cc1ccccc1-c1noc(CN2CCN(Cc3cn4ccccc4c3C#N)CC2)n1. The lowest BCUT2D eigenvalue weighted by Gasteiger charge is -2.33. The van der Waals surface area contributed by atoms with Gasteiger partial charge < -0.3 is 8.92 Å². The molecule has 7 nitrogen and oxygen atoms in total. The van der Waals surface area contributed by atoms with Gasteiger partial charge >= 0.3 is 0 Å². The molecular formula is C24H24N6O. The van der Waals surface area contributed by atoms with E-state index < -0.39 is 0 Å². The first-order valence-electron chi connectivity index (χ1n) is 10.5. The van der Waals surface area contributed by atoms with Crippen LogP contribution in [0.3, 0.4) is 0 Å². The van der Waals surface area contributed by atoms with Gasteiger partial charge in [0.1, 0.15) is 6.07 Å². The Kier molecular flexibility index (Phi) is 5.24. The van der Waals surface area contributed by atoms with Crippen LogP contribution in [0.25, 0.3) is 16.9 Å². The highest BCUT2D eigenvalue weighted by atomic mass is 16.5. The second kappa shape index (κ2) is 8.34. The maximum Gasteiger partial charge on any atom is 0.241 e. The van der Waals surface area contributed by atoms with Crippen molar-refractivity contribution in [1.82, 2.24) is 24.3 Å². The Morgan fingerprint density at radius 1 is 1.00 bits per heavy atom. The second-order valence-electron chi connectivity index (χ2n) is 8.01. The van der Waals surface area contributed by atoms with Gasteiger partial charge in [0.25, 0.3) is 0 Å². The lowest BCUT2D eigenvalue weighted by molar-refractivity contribution is 0.112. The fourth-order valence-electron chi connectivity index (χ4n) is 4.22. The van der Waals surface area contributed by atoms with Crippen LogP contribution in [0, 0.1) is 18.3 Å². The van der Waals surface area contributed by atoms with E-state index in [2.05, 4.69) is 45.2 Å². The van der Waals surface area contributed by atoms with Gasteiger partial charge in [0.2, 0.25) is 11.7 Å². The number of hydrogen-bond acceptors (Lipinski definition) is 6. The zero-order valence-electron chi connectivity index (χ0n) is 17.5. The third-order valence-corrected chi connectivity index (χ3v) is 5.95. The zero-order valence-corrected chi connectivity index (χ0v) is 17.5. The summed E-state index contributed by atoms with van der Waals surface area (Å²) in [5, 5.41) is 13.8. The second-order valence-corrected chi connectivity index (χ2v) is 8.01. The third kappa shape index (κ3) is 3.96. The fourth-order valence-corrected chi connectivity index (χ4v) is 4.22. The van der Waals surface area contributed by atoms with Crippen molar-refractivity contribution in [3.63, 3.8) is 0 Å². The van der Waals surface area contributed by atoms with E-state index in [9.17, 15) is 5.26 Å². The van der Waals surface area contributed by atoms with Crippen LogP contribution in [-0.4, -0.2) is 50.5 Å². The molecule has 1 saturated heterocycles. The van der Waals surface area contributed by atoms with Gasteiger partial charge in [0, 0.05) is 56.2 Å². The van der Waals surface area contributed by atoms with E-state index in [0.29, 0.717) is 18.3 Å². The van der Waals surface area contributed by atoms with E-state index in [-0.39, 0.29) is 0 Å². The Balaban J connectivity index is 1.20. The first-order valence-corrected chi connectivity index (χ1v) is 10.5. The third-order valence-electron chi connectivity index (χ3n) is 5.95. The highest BCUT2D eigenvalue weighted by Crippen LogP contribution is 2.22. The number of hydrogen-bond donors (Lipinski definition) is 0. The number of piperazine rings is 1. The molecule has 0 unspecified atom stereocenters. The predicted molar refractivity (Wildman–Crippen MR) is 117 cm³/mol. The number of aromatic nitrogens is 3. The van der Waals surface area contributed by atoms with Crippen LogP contribution in [0.4, 0.5) is 0 Å².